The Balaban J connectivity index is 1.88. The lowest BCUT2D eigenvalue weighted by atomic mass is 9.95. The summed E-state index contributed by atoms with van der Waals surface area (Å²) in [5.41, 5.74) is 2.99. The van der Waals surface area contributed by atoms with Crippen molar-refractivity contribution in [3.63, 3.8) is 0 Å². The summed E-state index contributed by atoms with van der Waals surface area (Å²) < 4.78 is 6.69. The summed E-state index contributed by atoms with van der Waals surface area (Å²) in [6, 6.07) is 1.77. The number of methoxy groups -OCH3 is 1. The molecule has 2 aromatic rings. The van der Waals surface area contributed by atoms with E-state index in [0.717, 1.165) is 36.9 Å². The third kappa shape index (κ3) is 4.22. The van der Waals surface area contributed by atoms with Crippen molar-refractivity contribution in [1.29, 1.82) is 0 Å². The highest BCUT2D eigenvalue weighted by Crippen LogP contribution is 2.38. The summed E-state index contributed by atoms with van der Waals surface area (Å²) in [5, 5.41) is 10.8. The van der Waals surface area contributed by atoms with Crippen molar-refractivity contribution in [2.24, 2.45) is 0 Å². The van der Waals surface area contributed by atoms with Crippen LogP contribution in [0.4, 0.5) is 5.00 Å². The minimum absolute atomic E-state index is 0.151. The van der Waals surface area contributed by atoms with Gasteiger partial charge in [0.05, 0.1) is 17.9 Å². The van der Waals surface area contributed by atoms with Gasteiger partial charge < -0.3 is 15.4 Å². The molecule has 1 aliphatic rings. The van der Waals surface area contributed by atoms with Crippen molar-refractivity contribution >= 4 is 28.2 Å². The molecule has 8 heteroatoms. The van der Waals surface area contributed by atoms with Gasteiger partial charge in [0.25, 0.3) is 11.8 Å². The summed E-state index contributed by atoms with van der Waals surface area (Å²) in [6.07, 6.45) is 4.02. The fraction of sp³-hybridized carbons (Fsp3) is 0.526. The Labute approximate surface area is 163 Å². The molecule has 1 aliphatic carbocycles. The lowest BCUT2D eigenvalue weighted by Gasteiger charge is -2.13. The van der Waals surface area contributed by atoms with Crippen LogP contribution in [0.25, 0.3) is 0 Å². The van der Waals surface area contributed by atoms with Gasteiger partial charge in [-0.2, -0.15) is 5.10 Å². The summed E-state index contributed by atoms with van der Waals surface area (Å²) >= 11 is 1.52. The number of nitrogens with zero attached hydrogens (tertiary/aromatic N) is 2. The van der Waals surface area contributed by atoms with Crippen LogP contribution in [0.1, 0.15) is 56.7 Å². The molecule has 2 amide bonds. The van der Waals surface area contributed by atoms with E-state index in [0.29, 0.717) is 36.0 Å². The molecule has 2 N–H and O–H groups in total. The molecule has 0 bridgehead atoms. The Hall–Kier alpha value is -2.19. The second-order valence-corrected chi connectivity index (χ2v) is 7.71. The molecule has 3 rings (SSSR count). The average molecular weight is 391 g/mol. The Morgan fingerprint density at radius 2 is 2.07 bits per heavy atom. The molecule has 0 atom stereocenters. The number of thiophene rings is 1. The van der Waals surface area contributed by atoms with Crippen LogP contribution in [-0.4, -0.2) is 41.9 Å². The number of amides is 2. The number of nitrogens with one attached hydrogen (secondary N) is 2. The zero-order valence-electron chi connectivity index (χ0n) is 16.1. The second kappa shape index (κ2) is 8.67. The van der Waals surface area contributed by atoms with E-state index < -0.39 is 0 Å². The van der Waals surface area contributed by atoms with Crippen LogP contribution in [-0.2, 0) is 24.1 Å². The highest BCUT2D eigenvalue weighted by molar-refractivity contribution is 7.17. The Morgan fingerprint density at radius 1 is 1.30 bits per heavy atom. The van der Waals surface area contributed by atoms with Crippen LogP contribution in [0.3, 0.4) is 0 Å². The van der Waals surface area contributed by atoms with E-state index in [2.05, 4.69) is 15.7 Å². The number of ether oxygens (including phenoxy) is 1. The molecule has 2 heterocycles. The van der Waals surface area contributed by atoms with Gasteiger partial charge in [-0.05, 0) is 51.2 Å². The van der Waals surface area contributed by atoms with Gasteiger partial charge in [0, 0.05) is 25.1 Å². The van der Waals surface area contributed by atoms with E-state index in [1.54, 1.807) is 17.9 Å². The third-order valence-electron chi connectivity index (χ3n) is 4.65. The van der Waals surface area contributed by atoms with E-state index in [9.17, 15) is 9.59 Å². The predicted octanol–water partition coefficient (Wildman–Crippen LogP) is 2.78. The highest BCUT2D eigenvalue weighted by atomic mass is 32.1. The summed E-state index contributed by atoms with van der Waals surface area (Å²) in [4.78, 5) is 26.8. The van der Waals surface area contributed by atoms with Gasteiger partial charge in [-0.15, -0.1) is 11.3 Å². The maximum absolute atomic E-state index is 12.8. The first-order chi connectivity index (χ1) is 13.0. The molecule has 2 aromatic heterocycles. The quantitative estimate of drug-likeness (QED) is 0.712. The molecule has 146 valence electrons. The Bertz CT molecular complexity index is 840. The summed E-state index contributed by atoms with van der Waals surface area (Å²) in [5.74, 6) is -0.385. The van der Waals surface area contributed by atoms with E-state index in [1.807, 2.05) is 13.8 Å². The lowest BCUT2D eigenvalue weighted by Crippen LogP contribution is -2.29. The molecule has 0 saturated carbocycles. The minimum atomic E-state index is -0.234. The molecule has 0 unspecified atom stereocenters. The number of aromatic nitrogens is 2. The van der Waals surface area contributed by atoms with E-state index >= 15 is 0 Å². The number of aryl methyl sites for hydroxylation is 3. The van der Waals surface area contributed by atoms with Gasteiger partial charge in [-0.1, -0.05) is 0 Å². The van der Waals surface area contributed by atoms with E-state index in [1.165, 1.54) is 16.2 Å². The van der Waals surface area contributed by atoms with Crippen LogP contribution in [0.5, 0.6) is 0 Å². The number of carbonyl (C=O) groups is 2. The first-order valence-electron chi connectivity index (χ1n) is 9.32. The number of fused-ring (bicyclic) bond motifs is 1. The zero-order chi connectivity index (χ0) is 19.4. The van der Waals surface area contributed by atoms with Gasteiger partial charge in [0.1, 0.15) is 10.7 Å². The highest BCUT2D eigenvalue weighted by Gasteiger charge is 2.27. The molecule has 0 fully saturated rings. The first kappa shape index (κ1) is 19.6. The van der Waals surface area contributed by atoms with E-state index in [-0.39, 0.29) is 11.8 Å². The number of anilines is 1. The van der Waals surface area contributed by atoms with Crippen molar-refractivity contribution in [3.05, 3.63) is 33.5 Å². The topological polar surface area (TPSA) is 85.2 Å². The van der Waals surface area contributed by atoms with Crippen LogP contribution in [0.15, 0.2) is 6.07 Å². The molecule has 27 heavy (non-hydrogen) atoms. The van der Waals surface area contributed by atoms with Crippen molar-refractivity contribution in [2.75, 3.05) is 25.6 Å². The maximum atomic E-state index is 12.8. The fourth-order valence-corrected chi connectivity index (χ4v) is 4.67. The summed E-state index contributed by atoms with van der Waals surface area (Å²) in [6.45, 7) is 5.31. The third-order valence-corrected chi connectivity index (χ3v) is 5.86. The van der Waals surface area contributed by atoms with Gasteiger partial charge in [0.15, 0.2) is 0 Å². The SMILES string of the molecule is CCn1nc(C)cc1C(=O)Nc1sc2c(c1C(=O)NCCOC)CCCC2. The molecular weight excluding hydrogens is 364 g/mol. The Kier molecular flexibility index (Phi) is 6.28. The van der Waals surface area contributed by atoms with Gasteiger partial charge in [-0.25, -0.2) is 0 Å². The van der Waals surface area contributed by atoms with Crippen molar-refractivity contribution in [1.82, 2.24) is 15.1 Å². The largest absolute Gasteiger partial charge is 0.383 e. The van der Waals surface area contributed by atoms with Crippen LogP contribution in [0, 0.1) is 6.92 Å². The van der Waals surface area contributed by atoms with Crippen LogP contribution in [0.2, 0.25) is 0 Å². The molecule has 7 nitrogen and oxygen atoms in total. The van der Waals surface area contributed by atoms with Crippen molar-refractivity contribution in [2.45, 2.75) is 46.1 Å². The minimum Gasteiger partial charge on any atom is -0.383 e. The smallest absolute Gasteiger partial charge is 0.274 e. The molecule has 0 saturated heterocycles. The molecule has 0 aromatic carbocycles. The maximum Gasteiger partial charge on any atom is 0.274 e. The van der Waals surface area contributed by atoms with E-state index in [4.69, 9.17) is 4.74 Å². The second-order valence-electron chi connectivity index (χ2n) is 6.60. The average Bonchev–Trinajstić information content (AvgIpc) is 3.21. The molecule has 0 radical (unpaired) electrons. The standard InChI is InChI=1S/C19H26N4O3S/c1-4-23-14(11-12(2)22-23)17(24)21-19-16(18(25)20-9-10-26-3)13-7-5-6-8-15(13)27-19/h11H,4-10H2,1-3H3,(H,20,25)(H,21,24). The summed E-state index contributed by atoms with van der Waals surface area (Å²) in [7, 11) is 1.60. The van der Waals surface area contributed by atoms with Gasteiger partial charge in [0.2, 0.25) is 0 Å². The fourth-order valence-electron chi connectivity index (χ4n) is 3.39. The van der Waals surface area contributed by atoms with Crippen molar-refractivity contribution in [3.8, 4) is 0 Å². The lowest BCUT2D eigenvalue weighted by molar-refractivity contribution is 0.0937. The van der Waals surface area contributed by atoms with Gasteiger partial charge >= 0.3 is 0 Å². The number of hydrogen-bond donors (Lipinski definition) is 2. The normalized spacial score (nSPS) is 13.3. The van der Waals surface area contributed by atoms with Crippen LogP contribution < -0.4 is 10.6 Å². The number of carbonyl (C=O) groups excluding carboxylic acids is 2. The number of rotatable bonds is 7. The zero-order valence-corrected chi connectivity index (χ0v) is 16.9. The molecule has 0 spiro atoms. The first-order valence-corrected chi connectivity index (χ1v) is 10.1. The predicted molar refractivity (Wildman–Crippen MR) is 106 cm³/mol. The number of hydrogen-bond acceptors (Lipinski definition) is 5. The van der Waals surface area contributed by atoms with Crippen molar-refractivity contribution < 1.29 is 14.3 Å². The van der Waals surface area contributed by atoms with Gasteiger partial charge in [-0.3, -0.25) is 14.3 Å². The molecular formula is C19H26N4O3S. The Morgan fingerprint density at radius 3 is 2.81 bits per heavy atom. The monoisotopic (exact) mass is 390 g/mol. The van der Waals surface area contributed by atoms with Crippen LogP contribution >= 0.6 is 11.3 Å². The molecule has 0 aliphatic heterocycles.